The molecule has 158 valence electrons. The van der Waals surface area contributed by atoms with Gasteiger partial charge >= 0.3 is 6.18 Å². The van der Waals surface area contributed by atoms with Gasteiger partial charge in [0.2, 0.25) is 0 Å². The molecule has 0 spiro atoms. The summed E-state index contributed by atoms with van der Waals surface area (Å²) in [6.07, 6.45) is -0.379. The maximum Gasteiger partial charge on any atom is 0.453 e. The fourth-order valence-electron chi connectivity index (χ4n) is 4.06. The van der Waals surface area contributed by atoms with Crippen LogP contribution in [-0.2, 0) is 6.18 Å². The smallest absolute Gasteiger partial charge is 0.337 e. The van der Waals surface area contributed by atoms with E-state index in [1.165, 1.54) is 6.20 Å². The van der Waals surface area contributed by atoms with Crippen molar-refractivity contribution in [3.05, 3.63) is 66.0 Å². The number of aromatic nitrogens is 5. The van der Waals surface area contributed by atoms with E-state index in [4.69, 9.17) is 0 Å². The highest BCUT2D eigenvalue weighted by molar-refractivity contribution is 6.05. The maximum atomic E-state index is 13.1. The molecule has 4 heterocycles. The Morgan fingerprint density at radius 2 is 1.74 bits per heavy atom. The molecule has 5 rings (SSSR count). The van der Waals surface area contributed by atoms with E-state index >= 15 is 0 Å². The molecule has 1 saturated heterocycles. The molecule has 0 saturated carbocycles. The fourth-order valence-corrected chi connectivity index (χ4v) is 4.06. The van der Waals surface area contributed by atoms with Crippen molar-refractivity contribution in [2.75, 3.05) is 13.1 Å². The highest BCUT2D eigenvalue weighted by Gasteiger charge is 2.37. The summed E-state index contributed by atoms with van der Waals surface area (Å²) in [6, 6.07) is 11.1. The van der Waals surface area contributed by atoms with Crippen molar-refractivity contribution >= 4 is 22.5 Å². The first kappa shape index (κ1) is 19.4. The minimum absolute atomic E-state index is 0.0576. The highest BCUT2D eigenvalue weighted by atomic mass is 19.4. The van der Waals surface area contributed by atoms with Crippen molar-refractivity contribution in [2.24, 2.45) is 0 Å². The van der Waals surface area contributed by atoms with Crippen LogP contribution in [0.25, 0.3) is 16.6 Å². The van der Waals surface area contributed by atoms with Crippen molar-refractivity contribution in [3.8, 4) is 0 Å². The average molecular weight is 426 g/mol. The van der Waals surface area contributed by atoms with Crippen molar-refractivity contribution in [1.82, 2.24) is 29.5 Å². The normalized spacial score (nSPS) is 15.6. The van der Waals surface area contributed by atoms with Gasteiger partial charge in [-0.25, -0.2) is 9.50 Å². The van der Waals surface area contributed by atoms with Crippen molar-refractivity contribution in [3.63, 3.8) is 0 Å². The summed E-state index contributed by atoms with van der Waals surface area (Å²) in [5, 5.41) is 5.37. The second-order valence-corrected chi connectivity index (χ2v) is 7.46. The van der Waals surface area contributed by atoms with Gasteiger partial charge in [0.05, 0.1) is 5.69 Å². The summed E-state index contributed by atoms with van der Waals surface area (Å²) >= 11 is 0. The van der Waals surface area contributed by atoms with E-state index in [1.807, 2.05) is 30.3 Å². The molecular formula is C21H17F3N6O. The van der Waals surface area contributed by atoms with Gasteiger partial charge in [0.15, 0.2) is 0 Å². The van der Waals surface area contributed by atoms with Crippen LogP contribution in [0.4, 0.5) is 13.2 Å². The zero-order chi connectivity index (χ0) is 21.6. The van der Waals surface area contributed by atoms with Crippen LogP contribution in [0.15, 0.2) is 48.8 Å². The van der Waals surface area contributed by atoms with Crippen LogP contribution in [0.2, 0.25) is 0 Å². The van der Waals surface area contributed by atoms with Crippen LogP contribution >= 0.6 is 0 Å². The van der Waals surface area contributed by atoms with E-state index in [9.17, 15) is 18.0 Å². The van der Waals surface area contributed by atoms with E-state index in [1.54, 1.807) is 17.2 Å². The third kappa shape index (κ3) is 3.47. The Labute approximate surface area is 174 Å². The van der Waals surface area contributed by atoms with Crippen molar-refractivity contribution in [1.29, 1.82) is 0 Å². The Bertz CT molecular complexity index is 1270. The molecule has 3 aromatic heterocycles. The van der Waals surface area contributed by atoms with E-state index < -0.39 is 12.0 Å². The van der Waals surface area contributed by atoms with Crippen LogP contribution in [-0.4, -0.2) is 48.5 Å². The third-order valence-corrected chi connectivity index (χ3v) is 5.60. The first-order valence-corrected chi connectivity index (χ1v) is 9.84. The van der Waals surface area contributed by atoms with Crippen LogP contribution in [0.3, 0.4) is 0 Å². The molecule has 0 N–H and O–H groups in total. The zero-order valence-corrected chi connectivity index (χ0v) is 16.3. The first-order valence-electron chi connectivity index (χ1n) is 9.84. The number of nitrogens with zero attached hydrogens (tertiary/aromatic N) is 6. The number of fused-ring (bicyclic) bond motifs is 2. The number of hydrogen-bond donors (Lipinski definition) is 0. The van der Waals surface area contributed by atoms with Crippen LogP contribution in [0.1, 0.15) is 40.8 Å². The molecular weight excluding hydrogens is 409 g/mol. The summed E-state index contributed by atoms with van der Waals surface area (Å²) in [6.45, 7) is 0.943. The number of carbonyl (C=O) groups excluding carboxylic acids is 1. The number of rotatable bonds is 2. The molecule has 0 aliphatic carbocycles. The Hall–Kier alpha value is -3.56. The number of pyridine rings is 1. The summed E-state index contributed by atoms with van der Waals surface area (Å²) in [5.41, 5.74) is 1.03. The Morgan fingerprint density at radius 1 is 1.00 bits per heavy atom. The van der Waals surface area contributed by atoms with Gasteiger partial charge in [-0.15, -0.1) is 5.10 Å². The van der Waals surface area contributed by atoms with Gasteiger partial charge in [-0.05, 0) is 30.4 Å². The molecule has 0 radical (unpaired) electrons. The topological polar surface area (TPSA) is 76.3 Å². The number of hydrogen-bond acceptors (Lipinski definition) is 5. The van der Waals surface area contributed by atoms with E-state index in [2.05, 4.69) is 20.1 Å². The second-order valence-electron chi connectivity index (χ2n) is 7.46. The number of alkyl halides is 3. The molecule has 0 atom stereocenters. The molecule has 1 fully saturated rings. The second kappa shape index (κ2) is 7.29. The molecule has 1 aliphatic rings. The van der Waals surface area contributed by atoms with Gasteiger partial charge in [0.25, 0.3) is 17.5 Å². The Balaban J connectivity index is 1.37. The van der Waals surface area contributed by atoms with Crippen molar-refractivity contribution < 1.29 is 18.0 Å². The maximum absolute atomic E-state index is 13.1. The lowest BCUT2D eigenvalue weighted by Gasteiger charge is -2.32. The van der Waals surface area contributed by atoms with Crippen LogP contribution < -0.4 is 0 Å². The monoisotopic (exact) mass is 426 g/mol. The van der Waals surface area contributed by atoms with Crippen LogP contribution in [0.5, 0.6) is 0 Å². The van der Waals surface area contributed by atoms with Gasteiger partial charge in [-0.1, -0.05) is 24.3 Å². The summed E-state index contributed by atoms with van der Waals surface area (Å²) in [4.78, 5) is 26.5. The number of benzene rings is 1. The number of carbonyl (C=O) groups is 1. The van der Waals surface area contributed by atoms with E-state index in [-0.39, 0.29) is 17.6 Å². The molecule has 0 unspecified atom stereocenters. The number of piperidine rings is 1. The molecule has 1 aliphatic heterocycles. The molecule has 31 heavy (non-hydrogen) atoms. The molecule has 10 heteroatoms. The van der Waals surface area contributed by atoms with Crippen molar-refractivity contribution in [2.45, 2.75) is 24.9 Å². The predicted molar refractivity (Wildman–Crippen MR) is 105 cm³/mol. The van der Waals surface area contributed by atoms with Gasteiger partial charge in [0, 0.05) is 36.8 Å². The average Bonchev–Trinajstić information content (AvgIpc) is 3.24. The number of amides is 1. The lowest BCUT2D eigenvalue weighted by Crippen LogP contribution is -2.38. The summed E-state index contributed by atoms with van der Waals surface area (Å²) in [5.74, 6) is -1.49. The standard InChI is InChI=1S/C21H17F3N6O/c22-21(23,24)19-27-20-26-10-6-16(30(20)28-19)14-7-11-29(12-8-14)18(31)17-15-4-2-1-3-13(15)5-9-25-17/h1-6,9-10,14H,7-8,11-12H2. The fraction of sp³-hybridized carbons (Fsp3) is 0.286. The lowest BCUT2D eigenvalue weighted by molar-refractivity contribution is -0.144. The largest absolute Gasteiger partial charge is 0.453 e. The first-order chi connectivity index (χ1) is 14.9. The quantitative estimate of drug-likeness (QED) is 0.489. The molecule has 4 aromatic rings. The number of halogens is 3. The molecule has 1 aromatic carbocycles. The third-order valence-electron chi connectivity index (χ3n) is 5.60. The number of likely N-dealkylation sites (tertiary alicyclic amines) is 1. The molecule has 1 amide bonds. The van der Waals surface area contributed by atoms with Crippen LogP contribution in [0, 0.1) is 0 Å². The molecule has 7 nitrogen and oxygen atoms in total. The van der Waals surface area contributed by atoms with Gasteiger partial charge in [-0.3, -0.25) is 9.78 Å². The lowest BCUT2D eigenvalue weighted by atomic mass is 9.93. The van der Waals surface area contributed by atoms with Gasteiger partial charge < -0.3 is 4.90 Å². The highest BCUT2D eigenvalue weighted by Crippen LogP contribution is 2.31. The minimum Gasteiger partial charge on any atom is -0.337 e. The Kier molecular flexibility index (Phi) is 4.57. The SMILES string of the molecule is O=C(c1nccc2ccccc12)N1CCC(c2ccnc3nc(C(F)(F)F)nn23)CC1. The minimum atomic E-state index is -4.63. The predicted octanol–water partition coefficient (Wildman–Crippen LogP) is 3.71. The van der Waals surface area contributed by atoms with E-state index in [0.29, 0.717) is 37.3 Å². The molecule has 0 bridgehead atoms. The van der Waals surface area contributed by atoms with E-state index in [0.717, 1.165) is 15.3 Å². The van der Waals surface area contributed by atoms with Gasteiger partial charge in [-0.2, -0.15) is 18.2 Å². The van der Waals surface area contributed by atoms with Gasteiger partial charge in [0.1, 0.15) is 5.69 Å². The Morgan fingerprint density at radius 3 is 2.52 bits per heavy atom. The summed E-state index contributed by atoms with van der Waals surface area (Å²) < 4.78 is 40.2. The summed E-state index contributed by atoms with van der Waals surface area (Å²) in [7, 11) is 0. The zero-order valence-electron chi connectivity index (χ0n) is 16.3.